The Balaban J connectivity index is 2.56. The zero-order chi connectivity index (χ0) is 12.6. The molecule has 0 aromatic rings. The maximum Gasteiger partial charge on any atom is 0.215 e. The molecule has 0 aliphatic carbocycles. The molecule has 1 aliphatic heterocycles. The summed E-state index contributed by atoms with van der Waals surface area (Å²) in [4.78, 5) is 0. The highest BCUT2D eigenvalue weighted by Crippen LogP contribution is 2.26. The molecule has 0 aromatic carbocycles. The Morgan fingerprint density at radius 2 is 1.69 bits per heavy atom. The van der Waals surface area contributed by atoms with Crippen LogP contribution in [0, 0.1) is 0 Å². The SMILES string of the molecule is CCC1(O)CN(S(=O)(=O)CCS(C)(=O)=O)C1. The van der Waals surface area contributed by atoms with Crippen LogP contribution < -0.4 is 0 Å². The molecule has 0 atom stereocenters. The maximum atomic E-state index is 11.6. The molecule has 96 valence electrons. The third kappa shape index (κ3) is 3.41. The average Bonchev–Trinajstić information content (AvgIpc) is 2.09. The minimum atomic E-state index is -3.54. The lowest BCUT2D eigenvalue weighted by Gasteiger charge is -2.44. The minimum Gasteiger partial charge on any atom is -0.387 e. The smallest absolute Gasteiger partial charge is 0.215 e. The lowest BCUT2D eigenvalue weighted by atomic mass is 9.94. The van der Waals surface area contributed by atoms with Gasteiger partial charge in [0.25, 0.3) is 0 Å². The van der Waals surface area contributed by atoms with Gasteiger partial charge in [0.2, 0.25) is 10.0 Å². The lowest BCUT2D eigenvalue weighted by Crippen LogP contribution is -2.63. The Hall–Kier alpha value is -0.180. The number of nitrogens with zero attached hydrogens (tertiary/aromatic N) is 1. The van der Waals surface area contributed by atoms with Gasteiger partial charge in [0.1, 0.15) is 9.84 Å². The summed E-state index contributed by atoms with van der Waals surface area (Å²) < 4.78 is 46.1. The number of hydrogen-bond donors (Lipinski definition) is 1. The van der Waals surface area contributed by atoms with Gasteiger partial charge in [-0.05, 0) is 6.42 Å². The number of β-amino-alcohol motifs (C(OH)–C–C–N with tert-alkyl or cyclic N) is 1. The molecule has 16 heavy (non-hydrogen) atoms. The Kier molecular flexibility index (Phi) is 3.68. The second-order valence-corrected chi connectivity index (χ2v) is 8.64. The molecule has 0 bridgehead atoms. The summed E-state index contributed by atoms with van der Waals surface area (Å²) in [5.74, 6) is -0.790. The standard InChI is InChI=1S/C8H17NO5S2/c1-3-8(10)6-9(7-8)16(13,14)5-4-15(2,11)12/h10H,3-7H2,1-2H3. The fourth-order valence-corrected chi connectivity index (χ4v) is 4.60. The predicted octanol–water partition coefficient (Wildman–Crippen LogP) is -1.18. The Labute approximate surface area is 96.2 Å². The third-order valence-corrected chi connectivity index (χ3v) is 5.67. The van der Waals surface area contributed by atoms with Crippen LogP contribution in [0.15, 0.2) is 0 Å². The first-order valence-electron chi connectivity index (χ1n) is 4.96. The van der Waals surface area contributed by atoms with E-state index in [0.29, 0.717) is 6.42 Å². The first-order chi connectivity index (χ1) is 7.08. The van der Waals surface area contributed by atoms with Gasteiger partial charge in [-0.1, -0.05) is 6.92 Å². The molecule has 1 heterocycles. The fraction of sp³-hybridized carbons (Fsp3) is 1.00. The van der Waals surface area contributed by atoms with E-state index in [1.54, 1.807) is 6.92 Å². The molecule has 1 fully saturated rings. The van der Waals surface area contributed by atoms with Crippen LogP contribution in [0.4, 0.5) is 0 Å². The summed E-state index contributed by atoms with van der Waals surface area (Å²) in [6.07, 6.45) is 1.49. The van der Waals surface area contributed by atoms with Gasteiger partial charge in [0, 0.05) is 19.3 Å². The highest BCUT2D eigenvalue weighted by atomic mass is 32.2. The van der Waals surface area contributed by atoms with Gasteiger partial charge in [-0.3, -0.25) is 0 Å². The molecule has 1 saturated heterocycles. The molecule has 1 N–H and O–H groups in total. The van der Waals surface area contributed by atoms with Crippen LogP contribution >= 0.6 is 0 Å². The monoisotopic (exact) mass is 271 g/mol. The number of hydrogen-bond acceptors (Lipinski definition) is 5. The van der Waals surface area contributed by atoms with E-state index in [1.807, 2.05) is 0 Å². The first-order valence-corrected chi connectivity index (χ1v) is 8.63. The Bertz CT molecular complexity index is 447. The topological polar surface area (TPSA) is 91.8 Å². The summed E-state index contributed by atoms with van der Waals surface area (Å²) in [6, 6.07) is 0. The largest absolute Gasteiger partial charge is 0.387 e. The average molecular weight is 271 g/mol. The van der Waals surface area contributed by atoms with Gasteiger partial charge in [-0.25, -0.2) is 16.8 Å². The second-order valence-electron chi connectivity index (χ2n) is 4.29. The van der Waals surface area contributed by atoms with E-state index >= 15 is 0 Å². The van der Waals surface area contributed by atoms with Crippen molar-refractivity contribution in [2.75, 3.05) is 30.9 Å². The Morgan fingerprint density at radius 3 is 2.06 bits per heavy atom. The summed E-state index contributed by atoms with van der Waals surface area (Å²) in [7, 11) is -6.82. The van der Waals surface area contributed by atoms with E-state index in [9.17, 15) is 21.9 Å². The summed E-state index contributed by atoms with van der Waals surface area (Å²) >= 11 is 0. The zero-order valence-corrected chi connectivity index (χ0v) is 11.0. The first kappa shape index (κ1) is 13.9. The summed E-state index contributed by atoms with van der Waals surface area (Å²) in [5.41, 5.74) is -0.932. The fourth-order valence-electron chi connectivity index (χ4n) is 1.42. The molecule has 8 heteroatoms. The molecular weight excluding hydrogens is 254 g/mol. The molecule has 1 rings (SSSR count). The van der Waals surface area contributed by atoms with E-state index in [4.69, 9.17) is 0 Å². The molecular formula is C8H17NO5S2. The van der Waals surface area contributed by atoms with Crippen molar-refractivity contribution in [3.05, 3.63) is 0 Å². The van der Waals surface area contributed by atoms with Crippen LogP contribution in [-0.4, -0.2) is 62.7 Å². The van der Waals surface area contributed by atoms with Crippen LogP contribution in [0.5, 0.6) is 0 Å². The van der Waals surface area contributed by atoms with Crippen molar-refractivity contribution in [3.63, 3.8) is 0 Å². The normalized spacial score (nSPS) is 21.7. The molecule has 6 nitrogen and oxygen atoms in total. The number of aliphatic hydroxyl groups is 1. The number of sulfonamides is 1. The van der Waals surface area contributed by atoms with Crippen molar-refractivity contribution >= 4 is 19.9 Å². The molecule has 0 saturated carbocycles. The van der Waals surface area contributed by atoms with Crippen LogP contribution in [0.1, 0.15) is 13.3 Å². The van der Waals surface area contributed by atoms with Crippen molar-refractivity contribution in [1.82, 2.24) is 4.31 Å². The van der Waals surface area contributed by atoms with E-state index < -0.39 is 31.2 Å². The predicted molar refractivity (Wildman–Crippen MR) is 60.3 cm³/mol. The van der Waals surface area contributed by atoms with Crippen molar-refractivity contribution in [3.8, 4) is 0 Å². The van der Waals surface area contributed by atoms with Gasteiger partial charge in [0.15, 0.2) is 0 Å². The van der Waals surface area contributed by atoms with Crippen LogP contribution in [-0.2, 0) is 19.9 Å². The second kappa shape index (κ2) is 4.25. The maximum absolute atomic E-state index is 11.6. The molecule has 0 spiro atoms. The van der Waals surface area contributed by atoms with Crippen molar-refractivity contribution in [1.29, 1.82) is 0 Å². The number of sulfone groups is 1. The van der Waals surface area contributed by atoms with E-state index in [1.165, 1.54) is 0 Å². The quantitative estimate of drug-likeness (QED) is 0.679. The highest BCUT2D eigenvalue weighted by Gasteiger charge is 2.45. The van der Waals surface area contributed by atoms with Gasteiger partial charge in [-0.2, -0.15) is 4.31 Å². The van der Waals surface area contributed by atoms with Crippen molar-refractivity contribution in [2.45, 2.75) is 18.9 Å². The molecule has 0 unspecified atom stereocenters. The van der Waals surface area contributed by atoms with E-state index in [-0.39, 0.29) is 18.8 Å². The van der Waals surface area contributed by atoms with Crippen LogP contribution in [0.2, 0.25) is 0 Å². The van der Waals surface area contributed by atoms with Gasteiger partial charge in [-0.15, -0.1) is 0 Å². The van der Waals surface area contributed by atoms with Gasteiger partial charge in [0.05, 0.1) is 17.1 Å². The molecule has 0 amide bonds. The van der Waals surface area contributed by atoms with Gasteiger partial charge >= 0.3 is 0 Å². The van der Waals surface area contributed by atoms with Crippen molar-refractivity contribution < 1.29 is 21.9 Å². The lowest BCUT2D eigenvalue weighted by molar-refractivity contribution is -0.0612. The summed E-state index contributed by atoms with van der Waals surface area (Å²) in [6.45, 7) is 1.91. The van der Waals surface area contributed by atoms with Gasteiger partial charge < -0.3 is 5.11 Å². The van der Waals surface area contributed by atoms with E-state index in [2.05, 4.69) is 0 Å². The van der Waals surface area contributed by atoms with Crippen LogP contribution in [0.3, 0.4) is 0 Å². The molecule has 0 aromatic heterocycles. The molecule has 0 radical (unpaired) electrons. The van der Waals surface area contributed by atoms with Crippen LogP contribution in [0.25, 0.3) is 0 Å². The highest BCUT2D eigenvalue weighted by molar-refractivity contribution is 7.93. The van der Waals surface area contributed by atoms with E-state index in [0.717, 1.165) is 10.6 Å². The third-order valence-electron chi connectivity index (χ3n) is 2.70. The molecule has 1 aliphatic rings. The Morgan fingerprint density at radius 1 is 1.19 bits per heavy atom. The van der Waals surface area contributed by atoms with Crippen molar-refractivity contribution in [2.24, 2.45) is 0 Å². The summed E-state index contributed by atoms with van der Waals surface area (Å²) in [5, 5.41) is 9.66. The number of rotatable bonds is 5. The zero-order valence-electron chi connectivity index (χ0n) is 9.38. The minimum absolute atomic E-state index is 0.0651.